The van der Waals surface area contributed by atoms with Crippen molar-refractivity contribution in [2.75, 3.05) is 6.61 Å². The van der Waals surface area contributed by atoms with Crippen LogP contribution in [0.3, 0.4) is 0 Å². The van der Waals surface area contributed by atoms with Crippen molar-refractivity contribution >= 4 is 5.78 Å². The van der Waals surface area contributed by atoms with Gasteiger partial charge in [-0.2, -0.15) is 0 Å². The van der Waals surface area contributed by atoms with Gasteiger partial charge in [-0.05, 0) is 43.9 Å². The summed E-state index contributed by atoms with van der Waals surface area (Å²) in [5.41, 5.74) is 0. The maximum Gasteiger partial charge on any atom is 0.141 e. The Hall–Kier alpha value is -0.370. The van der Waals surface area contributed by atoms with E-state index >= 15 is 0 Å². The lowest BCUT2D eigenvalue weighted by atomic mass is 9.72. The number of Topliss-reactive ketones (excluding diaryl/α,β-unsaturated/α-hetero) is 1. The fraction of sp³-hybridized carbons (Fsp3) is 0.933. The molecule has 1 aliphatic heterocycles. The zero-order chi connectivity index (χ0) is 12.4. The maximum absolute atomic E-state index is 12.6. The van der Waals surface area contributed by atoms with E-state index < -0.39 is 0 Å². The molecule has 2 rings (SSSR count). The lowest BCUT2D eigenvalue weighted by molar-refractivity contribution is -0.130. The molecule has 4 unspecified atom stereocenters. The van der Waals surface area contributed by atoms with E-state index in [1.807, 2.05) is 0 Å². The third-order valence-corrected chi connectivity index (χ3v) is 4.56. The summed E-state index contributed by atoms with van der Waals surface area (Å²) in [5.74, 6) is 2.45. The highest BCUT2D eigenvalue weighted by molar-refractivity contribution is 5.84. The highest BCUT2D eigenvalue weighted by atomic mass is 16.5. The van der Waals surface area contributed by atoms with E-state index in [1.54, 1.807) is 0 Å². The summed E-state index contributed by atoms with van der Waals surface area (Å²) >= 11 is 0. The van der Waals surface area contributed by atoms with Crippen molar-refractivity contribution in [2.24, 2.45) is 23.7 Å². The zero-order valence-electron chi connectivity index (χ0n) is 11.4. The third-order valence-electron chi connectivity index (χ3n) is 4.56. The second kappa shape index (κ2) is 5.51. The number of ether oxygens (including phenoxy) is 1. The number of carbonyl (C=O) groups is 1. The van der Waals surface area contributed by atoms with Crippen LogP contribution in [-0.4, -0.2) is 18.5 Å². The lowest BCUT2D eigenvalue weighted by Gasteiger charge is -2.32. The van der Waals surface area contributed by atoms with Crippen LogP contribution in [0.2, 0.25) is 0 Å². The van der Waals surface area contributed by atoms with Crippen molar-refractivity contribution in [1.82, 2.24) is 0 Å². The summed E-state index contributed by atoms with van der Waals surface area (Å²) in [6, 6.07) is 0. The van der Waals surface area contributed by atoms with Gasteiger partial charge in [-0.1, -0.05) is 20.8 Å². The molecule has 0 spiro atoms. The number of carbonyl (C=O) groups excluding carboxylic acids is 1. The van der Waals surface area contributed by atoms with Gasteiger partial charge in [0.05, 0.1) is 6.10 Å². The maximum atomic E-state index is 12.6. The van der Waals surface area contributed by atoms with E-state index in [4.69, 9.17) is 4.74 Å². The van der Waals surface area contributed by atoms with Gasteiger partial charge in [-0.15, -0.1) is 0 Å². The molecular weight excluding hydrogens is 212 g/mol. The van der Waals surface area contributed by atoms with E-state index in [-0.39, 0.29) is 12.0 Å². The summed E-state index contributed by atoms with van der Waals surface area (Å²) in [7, 11) is 0. The summed E-state index contributed by atoms with van der Waals surface area (Å²) in [4.78, 5) is 12.6. The van der Waals surface area contributed by atoms with E-state index in [2.05, 4.69) is 20.8 Å². The Balaban J connectivity index is 1.99. The molecule has 1 aliphatic carbocycles. The number of hydrogen-bond donors (Lipinski definition) is 0. The molecular formula is C15H26O2. The van der Waals surface area contributed by atoms with Crippen LogP contribution >= 0.6 is 0 Å². The zero-order valence-corrected chi connectivity index (χ0v) is 11.4. The van der Waals surface area contributed by atoms with Crippen LogP contribution in [0.4, 0.5) is 0 Å². The van der Waals surface area contributed by atoms with Gasteiger partial charge in [-0.25, -0.2) is 0 Å². The average molecular weight is 238 g/mol. The first kappa shape index (κ1) is 13.1. The second-order valence-electron chi connectivity index (χ2n) is 6.23. The Kier molecular flexibility index (Phi) is 4.24. The van der Waals surface area contributed by atoms with Crippen LogP contribution in [0.25, 0.3) is 0 Å². The fourth-order valence-electron chi connectivity index (χ4n) is 3.86. The molecule has 17 heavy (non-hydrogen) atoms. The third kappa shape index (κ3) is 2.90. The van der Waals surface area contributed by atoms with E-state index in [0.29, 0.717) is 11.7 Å². The van der Waals surface area contributed by atoms with Crippen LogP contribution in [-0.2, 0) is 9.53 Å². The Bertz CT molecular complexity index is 264. The van der Waals surface area contributed by atoms with Crippen LogP contribution in [0, 0.1) is 23.7 Å². The van der Waals surface area contributed by atoms with Crippen LogP contribution in [0.5, 0.6) is 0 Å². The van der Waals surface area contributed by atoms with Crippen molar-refractivity contribution in [2.45, 2.75) is 59.0 Å². The average Bonchev–Trinajstić information content (AvgIpc) is 2.74. The topological polar surface area (TPSA) is 26.3 Å². The minimum absolute atomic E-state index is 0.197. The quantitative estimate of drug-likeness (QED) is 0.753. The van der Waals surface area contributed by atoms with Crippen molar-refractivity contribution in [1.29, 1.82) is 0 Å². The van der Waals surface area contributed by atoms with Gasteiger partial charge in [0.25, 0.3) is 0 Å². The molecule has 0 amide bonds. The first-order valence-corrected chi connectivity index (χ1v) is 7.27. The van der Waals surface area contributed by atoms with Gasteiger partial charge in [0.1, 0.15) is 5.78 Å². The number of hydrogen-bond acceptors (Lipinski definition) is 2. The number of rotatable bonds is 3. The molecule has 0 aromatic rings. The van der Waals surface area contributed by atoms with Crippen LogP contribution in [0.1, 0.15) is 52.9 Å². The highest BCUT2D eigenvalue weighted by Gasteiger charge is 2.38. The minimum atomic E-state index is 0.197. The molecule has 0 aromatic carbocycles. The van der Waals surface area contributed by atoms with Gasteiger partial charge in [0, 0.05) is 18.4 Å². The van der Waals surface area contributed by atoms with Crippen LogP contribution in [0.15, 0.2) is 0 Å². The molecule has 0 radical (unpaired) electrons. The molecule has 1 saturated carbocycles. The summed E-state index contributed by atoms with van der Waals surface area (Å²) in [6.07, 6.45) is 5.65. The van der Waals surface area contributed by atoms with Crippen LogP contribution < -0.4 is 0 Å². The Morgan fingerprint density at radius 2 is 1.82 bits per heavy atom. The molecule has 0 N–H and O–H groups in total. The molecule has 2 fully saturated rings. The molecule has 2 aliphatic rings. The first-order chi connectivity index (χ1) is 8.11. The molecule has 2 nitrogen and oxygen atoms in total. The normalized spacial score (nSPS) is 42.6. The fourth-order valence-corrected chi connectivity index (χ4v) is 3.86. The van der Waals surface area contributed by atoms with Gasteiger partial charge in [-0.3, -0.25) is 4.79 Å². The predicted molar refractivity (Wildman–Crippen MR) is 68.8 cm³/mol. The Morgan fingerprint density at radius 1 is 1.18 bits per heavy atom. The smallest absolute Gasteiger partial charge is 0.141 e. The predicted octanol–water partition coefficient (Wildman–Crippen LogP) is 3.44. The van der Waals surface area contributed by atoms with Gasteiger partial charge in [0.15, 0.2) is 0 Å². The largest absolute Gasteiger partial charge is 0.377 e. The van der Waals surface area contributed by atoms with E-state index in [0.717, 1.165) is 44.1 Å². The van der Waals surface area contributed by atoms with Gasteiger partial charge in [0.2, 0.25) is 0 Å². The molecule has 98 valence electrons. The molecule has 0 bridgehead atoms. The summed E-state index contributed by atoms with van der Waals surface area (Å²) in [5, 5.41) is 0. The number of ketones is 1. The standard InChI is InChI=1S/C15H26O2/c1-4-14-13(5-6-17-14)15(16)12-8-10(2)7-11(3)9-12/h10-14H,4-9H2,1-3H3. The SMILES string of the molecule is CCC1OCCC1C(=O)C1CC(C)CC(C)C1. The first-order valence-electron chi connectivity index (χ1n) is 7.27. The Labute approximate surface area is 105 Å². The lowest BCUT2D eigenvalue weighted by Crippen LogP contribution is -2.34. The second-order valence-corrected chi connectivity index (χ2v) is 6.23. The summed E-state index contributed by atoms with van der Waals surface area (Å²) < 4.78 is 5.66. The molecule has 1 heterocycles. The minimum Gasteiger partial charge on any atom is -0.377 e. The van der Waals surface area contributed by atoms with Crippen molar-refractivity contribution < 1.29 is 9.53 Å². The molecule has 0 aromatic heterocycles. The van der Waals surface area contributed by atoms with Gasteiger partial charge >= 0.3 is 0 Å². The molecule has 2 heteroatoms. The van der Waals surface area contributed by atoms with Crippen molar-refractivity contribution in [3.63, 3.8) is 0 Å². The van der Waals surface area contributed by atoms with E-state index in [9.17, 15) is 4.79 Å². The van der Waals surface area contributed by atoms with Crippen molar-refractivity contribution in [3.8, 4) is 0 Å². The Morgan fingerprint density at radius 3 is 2.41 bits per heavy atom. The monoisotopic (exact) mass is 238 g/mol. The van der Waals surface area contributed by atoms with Crippen molar-refractivity contribution in [3.05, 3.63) is 0 Å². The highest BCUT2D eigenvalue weighted by Crippen LogP contribution is 2.37. The summed E-state index contributed by atoms with van der Waals surface area (Å²) in [6.45, 7) is 7.49. The molecule has 4 atom stereocenters. The van der Waals surface area contributed by atoms with Gasteiger partial charge < -0.3 is 4.74 Å². The van der Waals surface area contributed by atoms with E-state index in [1.165, 1.54) is 6.42 Å². The molecule has 1 saturated heterocycles.